The summed E-state index contributed by atoms with van der Waals surface area (Å²) in [6, 6.07) is 9.06. The first-order chi connectivity index (χ1) is 15.4. The molecule has 0 spiro atoms. The summed E-state index contributed by atoms with van der Waals surface area (Å²) in [5.74, 6) is 2.31. The van der Waals surface area contributed by atoms with Gasteiger partial charge in [-0.1, -0.05) is 19.9 Å². The number of alkyl halides is 1. The Morgan fingerprint density at radius 2 is 1.97 bits per heavy atom. The molecule has 10 heteroatoms. The number of nitrogens with one attached hydrogen (secondary N) is 2. The van der Waals surface area contributed by atoms with E-state index in [1.807, 2.05) is 32.0 Å². The van der Waals surface area contributed by atoms with E-state index in [0.717, 1.165) is 10.3 Å². The molecule has 0 atom stereocenters. The van der Waals surface area contributed by atoms with Crippen molar-refractivity contribution in [2.75, 3.05) is 13.7 Å². The number of H-pyrrole nitrogens is 2. The summed E-state index contributed by atoms with van der Waals surface area (Å²) in [6.45, 7) is 2.75. The summed E-state index contributed by atoms with van der Waals surface area (Å²) < 4.78 is 25.8. The van der Waals surface area contributed by atoms with Crippen LogP contribution in [-0.4, -0.2) is 43.3 Å². The summed E-state index contributed by atoms with van der Waals surface area (Å²) >= 11 is 0. The first kappa shape index (κ1) is 21.6. The molecule has 0 bridgehead atoms. The SMILES string of the molecule is COc1cccc(Oc2cc(-c3nc4nc(CF)n(CCO)c(=O)c4[nH]3)[nH]c2C(C)C)c1. The standard InChI is InChI=1S/C22H24FN5O4/c1-12(2)18-16(32-14-6-4-5-13(9-14)31-3)10-15(24-18)20-26-19-21(27-20)25-17(11-23)28(7-8-29)22(19)30/h4-6,9-10,12,24,29H,7-8,11H2,1-3H3,(H,26,27). The van der Waals surface area contributed by atoms with E-state index >= 15 is 0 Å². The maximum absolute atomic E-state index is 13.4. The van der Waals surface area contributed by atoms with Gasteiger partial charge in [-0.05, 0) is 18.1 Å². The Morgan fingerprint density at radius 1 is 1.19 bits per heavy atom. The van der Waals surface area contributed by atoms with Crippen molar-refractivity contribution in [3.63, 3.8) is 0 Å². The van der Waals surface area contributed by atoms with Crippen molar-refractivity contribution in [1.29, 1.82) is 0 Å². The lowest BCUT2D eigenvalue weighted by Crippen LogP contribution is -2.26. The predicted molar refractivity (Wildman–Crippen MR) is 117 cm³/mol. The molecule has 0 aliphatic carbocycles. The zero-order valence-corrected chi connectivity index (χ0v) is 18.0. The van der Waals surface area contributed by atoms with Crippen LogP contribution < -0.4 is 15.0 Å². The van der Waals surface area contributed by atoms with E-state index in [1.165, 1.54) is 0 Å². The fourth-order valence-corrected chi connectivity index (χ4v) is 3.47. The van der Waals surface area contributed by atoms with E-state index in [2.05, 4.69) is 19.9 Å². The molecule has 1 aromatic carbocycles. The molecule has 0 unspecified atom stereocenters. The molecule has 0 fully saturated rings. The van der Waals surface area contributed by atoms with Gasteiger partial charge in [-0.3, -0.25) is 9.36 Å². The first-order valence-electron chi connectivity index (χ1n) is 10.2. The number of imidazole rings is 1. The highest BCUT2D eigenvalue weighted by atomic mass is 19.1. The number of hydrogen-bond acceptors (Lipinski definition) is 6. The molecule has 3 aromatic heterocycles. The largest absolute Gasteiger partial charge is 0.497 e. The van der Waals surface area contributed by atoms with Gasteiger partial charge in [0.15, 0.2) is 17.0 Å². The molecule has 0 saturated heterocycles. The third-order valence-corrected chi connectivity index (χ3v) is 5.05. The molecule has 0 aliphatic heterocycles. The summed E-state index contributed by atoms with van der Waals surface area (Å²) in [7, 11) is 1.59. The summed E-state index contributed by atoms with van der Waals surface area (Å²) in [5, 5.41) is 9.20. The van der Waals surface area contributed by atoms with Crippen LogP contribution in [0.1, 0.15) is 31.3 Å². The highest BCUT2D eigenvalue weighted by molar-refractivity contribution is 5.75. The average molecular weight is 441 g/mol. The average Bonchev–Trinajstić information content (AvgIpc) is 3.40. The number of aromatic nitrogens is 5. The molecule has 0 radical (unpaired) electrons. The van der Waals surface area contributed by atoms with Crippen molar-refractivity contribution in [2.24, 2.45) is 0 Å². The molecule has 32 heavy (non-hydrogen) atoms. The molecule has 3 N–H and O–H groups in total. The van der Waals surface area contributed by atoms with Gasteiger partial charge in [-0.25, -0.2) is 14.4 Å². The lowest BCUT2D eigenvalue weighted by molar-refractivity contribution is 0.268. The van der Waals surface area contributed by atoms with Crippen molar-refractivity contribution >= 4 is 11.2 Å². The lowest BCUT2D eigenvalue weighted by Gasteiger charge is -2.09. The van der Waals surface area contributed by atoms with Gasteiger partial charge in [0.1, 0.15) is 29.7 Å². The number of aliphatic hydroxyl groups excluding tert-OH is 1. The maximum atomic E-state index is 13.4. The maximum Gasteiger partial charge on any atom is 0.279 e. The van der Waals surface area contributed by atoms with E-state index in [-0.39, 0.29) is 36.1 Å². The topological polar surface area (TPSA) is 118 Å². The summed E-state index contributed by atoms with van der Waals surface area (Å²) in [6.07, 6.45) is 0. The van der Waals surface area contributed by atoms with Gasteiger partial charge >= 0.3 is 0 Å². The van der Waals surface area contributed by atoms with Crippen LogP contribution >= 0.6 is 0 Å². The Kier molecular flexibility index (Phi) is 5.95. The van der Waals surface area contributed by atoms with Crippen molar-refractivity contribution in [2.45, 2.75) is 33.0 Å². The van der Waals surface area contributed by atoms with Crippen molar-refractivity contribution < 1.29 is 19.0 Å². The molecule has 3 heterocycles. The Labute approximate surface area is 182 Å². The number of methoxy groups -OCH3 is 1. The molecule has 0 amide bonds. The van der Waals surface area contributed by atoms with Crippen LogP contribution in [0, 0.1) is 0 Å². The molecule has 9 nitrogen and oxygen atoms in total. The second-order valence-corrected chi connectivity index (χ2v) is 7.52. The monoisotopic (exact) mass is 441 g/mol. The van der Waals surface area contributed by atoms with Gasteiger partial charge in [0.2, 0.25) is 0 Å². The molecular formula is C22H24FN5O4. The molecule has 4 rings (SSSR count). The van der Waals surface area contributed by atoms with Crippen LogP contribution in [0.25, 0.3) is 22.7 Å². The van der Waals surface area contributed by atoms with Gasteiger partial charge in [-0.2, -0.15) is 0 Å². The number of halogens is 1. The van der Waals surface area contributed by atoms with E-state index in [4.69, 9.17) is 9.47 Å². The van der Waals surface area contributed by atoms with E-state index in [9.17, 15) is 14.3 Å². The van der Waals surface area contributed by atoms with Crippen molar-refractivity contribution in [1.82, 2.24) is 24.5 Å². The van der Waals surface area contributed by atoms with Gasteiger partial charge in [-0.15, -0.1) is 0 Å². The summed E-state index contributed by atoms with van der Waals surface area (Å²) in [4.78, 5) is 27.6. The minimum absolute atomic E-state index is 0.0477. The van der Waals surface area contributed by atoms with E-state index < -0.39 is 12.2 Å². The normalized spacial score (nSPS) is 11.4. The zero-order chi connectivity index (χ0) is 22.8. The minimum Gasteiger partial charge on any atom is -0.497 e. The number of fused-ring (bicyclic) bond motifs is 1. The van der Waals surface area contributed by atoms with E-state index in [0.29, 0.717) is 28.8 Å². The van der Waals surface area contributed by atoms with E-state index in [1.54, 1.807) is 19.2 Å². The van der Waals surface area contributed by atoms with Crippen LogP contribution in [0.3, 0.4) is 0 Å². The van der Waals surface area contributed by atoms with Gasteiger partial charge in [0.05, 0.1) is 31.6 Å². The lowest BCUT2D eigenvalue weighted by atomic mass is 10.1. The summed E-state index contributed by atoms with van der Waals surface area (Å²) in [5.41, 5.74) is 1.21. The highest BCUT2D eigenvalue weighted by Crippen LogP contribution is 2.35. The van der Waals surface area contributed by atoms with Gasteiger partial charge < -0.3 is 24.5 Å². The second kappa shape index (κ2) is 8.83. The van der Waals surface area contributed by atoms with Crippen LogP contribution in [0.5, 0.6) is 17.2 Å². The third kappa shape index (κ3) is 3.96. The molecule has 0 saturated carbocycles. The van der Waals surface area contributed by atoms with Crippen LogP contribution in [0.2, 0.25) is 0 Å². The molecule has 168 valence electrons. The minimum atomic E-state index is -0.939. The zero-order valence-electron chi connectivity index (χ0n) is 18.0. The fourth-order valence-electron chi connectivity index (χ4n) is 3.47. The number of ether oxygens (including phenoxy) is 2. The molecular weight excluding hydrogens is 417 g/mol. The predicted octanol–water partition coefficient (Wildman–Crippen LogP) is 3.50. The number of aliphatic hydroxyl groups is 1. The first-order valence-corrected chi connectivity index (χ1v) is 10.2. The quantitative estimate of drug-likeness (QED) is 0.385. The van der Waals surface area contributed by atoms with Gasteiger partial charge in [0, 0.05) is 12.1 Å². The third-order valence-electron chi connectivity index (χ3n) is 5.05. The van der Waals surface area contributed by atoms with Crippen molar-refractivity contribution in [3.05, 3.63) is 52.2 Å². The number of nitrogens with zero attached hydrogens (tertiary/aromatic N) is 3. The van der Waals surface area contributed by atoms with Crippen LogP contribution in [0.4, 0.5) is 4.39 Å². The number of hydrogen-bond donors (Lipinski definition) is 3. The molecule has 4 aromatic rings. The Morgan fingerprint density at radius 3 is 2.66 bits per heavy atom. The Balaban J connectivity index is 1.77. The van der Waals surface area contributed by atoms with Gasteiger partial charge in [0.25, 0.3) is 5.56 Å². The Hall–Kier alpha value is -3.66. The molecule has 0 aliphatic rings. The number of benzene rings is 1. The van der Waals surface area contributed by atoms with Crippen LogP contribution in [-0.2, 0) is 13.2 Å². The Bertz CT molecular complexity index is 1310. The second-order valence-electron chi connectivity index (χ2n) is 7.52. The number of aromatic amines is 2. The van der Waals surface area contributed by atoms with Crippen molar-refractivity contribution in [3.8, 4) is 28.8 Å². The number of rotatable bonds is 8. The highest BCUT2D eigenvalue weighted by Gasteiger charge is 2.20. The smallest absolute Gasteiger partial charge is 0.279 e. The fraction of sp³-hybridized carbons (Fsp3) is 0.318. The van der Waals surface area contributed by atoms with Crippen LogP contribution in [0.15, 0.2) is 35.1 Å².